The van der Waals surface area contributed by atoms with Crippen LogP contribution in [0.3, 0.4) is 0 Å². The van der Waals surface area contributed by atoms with E-state index in [9.17, 15) is 8.78 Å². The molecule has 0 amide bonds. The summed E-state index contributed by atoms with van der Waals surface area (Å²) in [6.45, 7) is 4.08. The molecule has 0 fully saturated rings. The van der Waals surface area contributed by atoms with Gasteiger partial charge in [0.05, 0.1) is 0 Å². The molecule has 0 spiro atoms. The molecule has 0 aliphatic carbocycles. The van der Waals surface area contributed by atoms with Crippen LogP contribution >= 0.6 is 0 Å². The lowest BCUT2D eigenvalue weighted by Crippen LogP contribution is -1.88. The van der Waals surface area contributed by atoms with Gasteiger partial charge < -0.3 is 0 Å². The second kappa shape index (κ2) is 7.88. The summed E-state index contributed by atoms with van der Waals surface area (Å²) >= 11 is 0. The second-order valence-corrected chi connectivity index (χ2v) is 5.65. The van der Waals surface area contributed by atoms with Gasteiger partial charge in [0, 0.05) is 11.1 Å². The van der Waals surface area contributed by atoms with Gasteiger partial charge in [-0.2, -0.15) is 0 Å². The lowest BCUT2D eigenvalue weighted by atomic mass is 10.0. The summed E-state index contributed by atoms with van der Waals surface area (Å²) in [5.74, 6) is -1.61. The van der Waals surface area contributed by atoms with Gasteiger partial charge in [-0.15, -0.1) is 0 Å². The zero-order valence-electron chi connectivity index (χ0n) is 13.2. The van der Waals surface area contributed by atoms with Crippen LogP contribution in [0.25, 0.3) is 11.7 Å². The summed E-state index contributed by atoms with van der Waals surface area (Å²) in [4.78, 5) is 0. The van der Waals surface area contributed by atoms with Gasteiger partial charge in [0.1, 0.15) is 0 Å². The normalized spacial score (nSPS) is 12.2. The van der Waals surface area contributed by atoms with Crippen LogP contribution in [0.2, 0.25) is 0 Å². The van der Waals surface area contributed by atoms with E-state index in [4.69, 9.17) is 0 Å². The van der Waals surface area contributed by atoms with Gasteiger partial charge in [-0.05, 0) is 25.3 Å². The third kappa shape index (κ3) is 4.27. The van der Waals surface area contributed by atoms with Crippen molar-refractivity contribution in [3.63, 3.8) is 0 Å². The highest BCUT2D eigenvalue weighted by molar-refractivity contribution is 5.83. The zero-order valence-corrected chi connectivity index (χ0v) is 13.2. The largest absolute Gasteiger partial charge is 0.203 e. The molecule has 0 saturated carbocycles. The minimum Gasteiger partial charge on any atom is -0.203 e. The molecule has 0 N–H and O–H groups in total. The Labute approximate surface area is 131 Å². The fourth-order valence-electron chi connectivity index (χ4n) is 2.35. The Balaban J connectivity index is 2.15. The summed E-state index contributed by atoms with van der Waals surface area (Å²) in [6.07, 6.45) is 4.49. The Morgan fingerprint density at radius 1 is 0.773 bits per heavy atom. The molecular weight excluding hydrogens is 278 g/mol. The highest BCUT2D eigenvalue weighted by Gasteiger charge is 2.11. The first-order valence-electron chi connectivity index (χ1n) is 7.83. The quantitative estimate of drug-likeness (QED) is 0.422. The standard InChI is InChI=1S/C20H22F2/c1-3-4-5-6-16-9-13-18(14-10-16)20(22)19(21)17-11-7-15(2)8-12-17/h7-14H,3-6H2,1-2H3/b20-19+. The molecule has 0 radical (unpaired) electrons. The van der Waals surface area contributed by atoms with Crippen LogP contribution in [0, 0.1) is 6.92 Å². The fourth-order valence-corrected chi connectivity index (χ4v) is 2.35. The van der Waals surface area contributed by atoms with Crippen molar-refractivity contribution < 1.29 is 8.78 Å². The number of aryl methyl sites for hydroxylation is 2. The Morgan fingerprint density at radius 3 is 1.77 bits per heavy atom. The summed E-state index contributed by atoms with van der Waals surface area (Å²) < 4.78 is 28.5. The molecule has 0 bridgehead atoms. The molecule has 116 valence electrons. The van der Waals surface area contributed by atoms with Crippen LogP contribution in [0.15, 0.2) is 48.5 Å². The predicted molar refractivity (Wildman–Crippen MR) is 89.9 cm³/mol. The number of unbranched alkanes of at least 4 members (excludes halogenated alkanes) is 2. The molecule has 0 aliphatic rings. The van der Waals surface area contributed by atoms with Crippen molar-refractivity contribution in [1.82, 2.24) is 0 Å². The van der Waals surface area contributed by atoms with E-state index >= 15 is 0 Å². The highest BCUT2D eigenvalue weighted by atomic mass is 19.2. The van der Waals surface area contributed by atoms with Crippen LogP contribution in [0.5, 0.6) is 0 Å². The monoisotopic (exact) mass is 300 g/mol. The average molecular weight is 300 g/mol. The summed E-state index contributed by atoms with van der Waals surface area (Å²) in [5.41, 5.74) is 2.75. The van der Waals surface area contributed by atoms with Gasteiger partial charge in [-0.1, -0.05) is 73.9 Å². The molecule has 0 saturated heterocycles. The molecule has 0 heterocycles. The Bertz CT molecular complexity index is 622. The minimum absolute atomic E-state index is 0.273. The fraction of sp³-hybridized carbons (Fsp3) is 0.300. The van der Waals surface area contributed by atoms with E-state index in [1.165, 1.54) is 18.4 Å². The van der Waals surface area contributed by atoms with Gasteiger partial charge in [-0.25, -0.2) is 8.78 Å². The maximum atomic E-state index is 14.3. The maximum absolute atomic E-state index is 14.3. The molecule has 0 aromatic heterocycles. The van der Waals surface area contributed by atoms with Crippen molar-refractivity contribution in [2.24, 2.45) is 0 Å². The van der Waals surface area contributed by atoms with Crippen molar-refractivity contribution in [1.29, 1.82) is 0 Å². The lowest BCUT2D eigenvalue weighted by molar-refractivity contribution is 0.699. The minimum atomic E-state index is -0.807. The first-order valence-corrected chi connectivity index (χ1v) is 7.83. The van der Waals surface area contributed by atoms with E-state index in [1.54, 1.807) is 36.4 Å². The predicted octanol–water partition coefficient (Wildman–Crippen LogP) is 6.49. The summed E-state index contributed by atoms with van der Waals surface area (Å²) in [6, 6.07) is 13.8. The van der Waals surface area contributed by atoms with E-state index in [0.29, 0.717) is 0 Å². The first-order chi connectivity index (χ1) is 10.6. The van der Waals surface area contributed by atoms with Gasteiger partial charge in [0.25, 0.3) is 0 Å². The summed E-state index contributed by atoms with van der Waals surface area (Å²) in [5, 5.41) is 0. The van der Waals surface area contributed by atoms with Gasteiger partial charge in [-0.3, -0.25) is 0 Å². The Hall–Kier alpha value is -1.96. The number of halogens is 2. The topological polar surface area (TPSA) is 0 Å². The maximum Gasteiger partial charge on any atom is 0.166 e. The second-order valence-electron chi connectivity index (χ2n) is 5.65. The van der Waals surface area contributed by atoms with E-state index in [0.717, 1.165) is 18.4 Å². The van der Waals surface area contributed by atoms with Crippen LogP contribution in [-0.2, 0) is 6.42 Å². The van der Waals surface area contributed by atoms with Crippen molar-refractivity contribution >= 4 is 11.7 Å². The number of benzene rings is 2. The van der Waals surface area contributed by atoms with E-state index < -0.39 is 11.7 Å². The molecule has 0 nitrogen and oxygen atoms in total. The molecule has 0 atom stereocenters. The molecule has 2 heteroatoms. The Morgan fingerprint density at radius 2 is 1.27 bits per heavy atom. The van der Waals surface area contributed by atoms with Crippen molar-refractivity contribution in [2.45, 2.75) is 39.5 Å². The van der Waals surface area contributed by atoms with Crippen LogP contribution in [0.4, 0.5) is 8.78 Å². The molecule has 2 aromatic carbocycles. The Kier molecular flexibility index (Phi) is 5.88. The van der Waals surface area contributed by atoms with Crippen LogP contribution in [0.1, 0.15) is 48.4 Å². The van der Waals surface area contributed by atoms with E-state index in [-0.39, 0.29) is 11.1 Å². The smallest absolute Gasteiger partial charge is 0.166 e. The first kappa shape index (κ1) is 16.4. The number of rotatable bonds is 6. The van der Waals surface area contributed by atoms with E-state index in [1.807, 2.05) is 19.1 Å². The SMILES string of the molecule is CCCCCc1ccc(/C(F)=C(\F)c2ccc(C)cc2)cc1. The van der Waals surface area contributed by atoms with Gasteiger partial charge in [0.2, 0.25) is 0 Å². The van der Waals surface area contributed by atoms with Crippen molar-refractivity contribution in [3.05, 3.63) is 70.8 Å². The zero-order chi connectivity index (χ0) is 15.9. The number of hydrogen-bond donors (Lipinski definition) is 0. The lowest BCUT2D eigenvalue weighted by Gasteiger charge is -2.05. The number of hydrogen-bond acceptors (Lipinski definition) is 0. The van der Waals surface area contributed by atoms with Crippen LogP contribution in [-0.4, -0.2) is 0 Å². The van der Waals surface area contributed by atoms with Crippen molar-refractivity contribution in [3.8, 4) is 0 Å². The van der Waals surface area contributed by atoms with Crippen molar-refractivity contribution in [2.75, 3.05) is 0 Å². The molecular formula is C20H22F2. The summed E-state index contributed by atoms with van der Waals surface area (Å²) in [7, 11) is 0. The average Bonchev–Trinajstić information content (AvgIpc) is 2.55. The molecule has 22 heavy (non-hydrogen) atoms. The van der Waals surface area contributed by atoms with Gasteiger partial charge >= 0.3 is 0 Å². The third-order valence-electron chi connectivity index (χ3n) is 3.77. The molecule has 2 aromatic rings. The van der Waals surface area contributed by atoms with Gasteiger partial charge in [0.15, 0.2) is 11.7 Å². The van der Waals surface area contributed by atoms with E-state index in [2.05, 4.69) is 6.92 Å². The third-order valence-corrected chi connectivity index (χ3v) is 3.77. The molecule has 0 aliphatic heterocycles. The van der Waals surface area contributed by atoms with Crippen LogP contribution < -0.4 is 0 Å². The molecule has 0 unspecified atom stereocenters. The molecule has 2 rings (SSSR count). The highest BCUT2D eigenvalue weighted by Crippen LogP contribution is 2.29.